The maximum atomic E-state index is 4.50. The van der Waals surface area contributed by atoms with Crippen molar-refractivity contribution in [3.05, 3.63) is 71.7 Å². The van der Waals surface area contributed by atoms with Crippen LogP contribution >= 0.6 is 0 Å². The Labute approximate surface area is 135 Å². The van der Waals surface area contributed by atoms with Crippen LogP contribution in [-0.2, 0) is 6.54 Å². The minimum absolute atomic E-state index is 0.579. The van der Waals surface area contributed by atoms with E-state index in [0.717, 1.165) is 22.6 Å². The molecule has 0 fully saturated rings. The Morgan fingerprint density at radius 1 is 1.04 bits per heavy atom. The number of pyridine rings is 1. The van der Waals surface area contributed by atoms with E-state index in [0.29, 0.717) is 12.5 Å². The quantitative estimate of drug-likeness (QED) is 0.750. The molecule has 3 rings (SSSR count). The number of benzene rings is 1. The predicted molar refractivity (Wildman–Crippen MR) is 92.8 cm³/mol. The Morgan fingerprint density at radius 2 is 1.96 bits per heavy atom. The molecule has 0 spiro atoms. The smallest absolute Gasteiger partial charge is 0.229 e. The van der Waals surface area contributed by atoms with Crippen LogP contribution in [0.2, 0.25) is 0 Å². The van der Waals surface area contributed by atoms with E-state index in [1.807, 2.05) is 24.4 Å². The molecule has 0 aliphatic carbocycles. The first-order valence-corrected chi connectivity index (χ1v) is 7.51. The van der Waals surface area contributed by atoms with E-state index in [1.54, 1.807) is 12.4 Å². The van der Waals surface area contributed by atoms with Crippen molar-refractivity contribution >= 4 is 17.5 Å². The van der Waals surface area contributed by atoms with Crippen LogP contribution < -0.4 is 10.6 Å². The van der Waals surface area contributed by atoms with Gasteiger partial charge >= 0.3 is 0 Å². The third-order valence-electron chi connectivity index (χ3n) is 3.49. The third-order valence-corrected chi connectivity index (χ3v) is 3.49. The molecule has 5 nitrogen and oxygen atoms in total. The molecule has 0 aliphatic rings. The molecule has 1 aromatic carbocycles. The standard InChI is InChI=1S/C18H19N5/c1-13-5-6-14(2)16(10-13)22-18-20-9-7-17(23-18)21-12-15-4-3-8-19-11-15/h3-11H,12H2,1-2H3,(H2,20,21,22,23). The van der Waals surface area contributed by atoms with Crippen molar-refractivity contribution in [1.82, 2.24) is 15.0 Å². The zero-order valence-electron chi connectivity index (χ0n) is 13.2. The summed E-state index contributed by atoms with van der Waals surface area (Å²) in [6, 6.07) is 12.1. The highest BCUT2D eigenvalue weighted by Crippen LogP contribution is 2.20. The summed E-state index contributed by atoms with van der Waals surface area (Å²) in [4.78, 5) is 12.9. The largest absolute Gasteiger partial charge is 0.366 e. The molecular formula is C18H19N5. The molecule has 0 saturated heterocycles. The Hall–Kier alpha value is -2.95. The van der Waals surface area contributed by atoms with Gasteiger partial charge in [0.15, 0.2) is 0 Å². The molecule has 0 atom stereocenters. The molecule has 116 valence electrons. The monoisotopic (exact) mass is 305 g/mol. The van der Waals surface area contributed by atoms with Crippen molar-refractivity contribution < 1.29 is 0 Å². The number of aryl methyl sites for hydroxylation is 2. The summed E-state index contributed by atoms with van der Waals surface area (Å²) in [6.07, 6.45) is 5.34. The predicted octanol–water partition coefficient (Wildman–Crippen LogP) is 3.84. The Kier molecular flexibility index (Phi) is 4.47. The summed E-state index contributed by atoms with van der Waals surface area (Å²) in [7, 11) is 0. The molecule has 5 heteroatoms. The highest BCUT2D eigenvalue weighted by Gasteiger charge is 2.03. The number of hydrogen-bond donors (Lipinski definition) is 2. The number of aromatic nitrogens is 3. The van der Waals surface area contributed by atoms with Crippen molar-refractivity contribution in [1.29, 1.82) is 0 Å². The minimum atomic E-state index is 0.579. The molecule has 23 heavy (non-hydrogen) atoms. The molecule has 0 amide bonds. The topological polar surface area (TPSA) is 62.7 Å². The van der Waals surface area contributed by atoms with Crippen molar-refractivity contribution in [2.24, 2.45) is 0 Å². The van der Waals surface area contributed by atoms with Crippen LogP contribution in [0, 0.1) is 13.8 Å². The van der Waals surface area contributed by atoms with E-state index in [-0.39, 0.29) is 0 Å². The molecule has 2 N–H and O–H groups in total. The van der Waals surface area contributed by atoms with Gasteiger partial charge in [-0.3, -0.25) is 4.98 Å². The normalized spacial score (nSPS) is 10.3. The third kappa shape index (κ3) is 4.03. The van der Waals surface area contributed by atoms with E-state index in [9.17, 15) is 0 Å². The van der Waals surface area contributed by atoms with Crippen molar-refractivity contribution in [3.8, 4) is 0 Å². The SMILES string of the molecule is Cc1ccc(C)c(Nc2nccc(NCc3cccnc3)n2)c1. The zero-order chi connectivity index (χ0) is 16.1. The molecule has 0 radical (unpaired) electrons. The average molecular weight is 305 g/mol. The van der Waals surface area contributed by atoms with E-state index < -0.39 is 0 Å². The van der Waals surface area contributed by atoms with Gasteiger partial charge in [0.05, 0.1) is 0 Å². The molecule has 0 saturated carbocycles. The summed E-state index contributed by atoms with van der Waals surface area (Å²) in [6.45, 7) is 4.80. The summed E-state index contributed by atoms with van der Waals surface area (Å²) in [5, 5.41) is 6.56. The first kappa shape index (κ1) is 15.0. The molecule has 0 bridgehead atoms. The molecule has 0 unspecified atom stereocenters. The molecule has 2 heterocycles. The zero-order valence-corrected chi connectivity index (χ0v) is 13.2. The van der Waals surface area contributed by atoms with Crippen molar-refractivity contribution in [2.75, 3.05) is 10.6 Å². The lowest BCUT2D eigenvalue weighted by molar-refractivity contribution is 1.07. The van der Waals surface area contributed by atoms with E-state index in [1.165, 1.54) is 5.56 Å². The molecule has 2 aromatic heterocycles. The van der Waals surface area contributed by atoms with Crippen LogP contribution in [0.3, 0.4) is 0 Å². The fourth-order valence-corrected chi connectivity index (χ4v) is 2.20. The van der Waals surface area contributed by atoms with Gasteiger partial charge in [0, 0.05) is 30.8 Å². The number of rotatable bonds is 5. The number of anilines is 3. The number of hydrogen-bond acceptors (Lipinski definition) is 5. The van der Waals surface area contributed by atoms with Crippen LogP contribution in [0.15, 0.2) is 55.0 Å². The van der Waals surface area contributed by atoms with Gasteiger partial charge in [-0.25, -0.2) is 4.98 Å². The second-order valence-corrected chi connectivity index (χ2v) is 5.42. The molecule has 3 aromatic rings. The van der Waals surface area contributed by atoms with Crippen molar-refractivity contribution in [3.63, 3.8) is 0 Å². The van der Waals surface area contributed by atoms with Crippen LogP contribution in [-0.4, -0.2) is 15.0 Å². The second-order valence-electron chi connectivity index (χ2n) is 5.42. The average Bonchev–Trinajstić information content (AvgIpc) is 2.58. The van der Waals surface area contributed by atoms with E-state index in [4.69, 9.17) is 0 Å². The lowest BCUT2D eigenvalue weighted by atomic mass is 10.1. The van der Waals surface area contributed by atoms with Gasteiger partial charge in [-0.15, -0.1) is 0 Å². The van der Waals surface area contributed by atoms with Gasteiger partial charge in [0.1, 0.15) is 5.82 Å². The number of nitrogens with zero attached hydrogens (tertiary/aromatic N) is 3. The van der Waals surface area contributed by atoms with Gasteiger partial charge in [0.2, 0.25) is 5.95 Å². The summed E-state index contributed by atoms with van der Waals surface area (Å²) < 4.78 is 0. The fourth-order valence-electron chi connectivity index (χ4n) is 2.20. The second kappa shape index (κ2) is 6.87. The first-order valence-electron chi connectivity index (χ1n) is 7.51. The maximum Gasteiger partial charge on any atom is 0.229 e. The summed E-state index contributed by atoms with van der Waals surface area (Å²) in [5.41, 5.74) is 4.49. The number of nitrogens with one attached hydrogen (secondary N) is 2. The van der Waals surface area contributed by atoms with Gasteiger partial charge in [-0.05, 0) is 48.7 Å². The fraction of sp³-hybridized carbons (Fsp3) is 0.167. The minimum Gasteiger partial charge on any atom is -0.366 e. The van der Waals surface area contributed by atoms with Crippen LogP contribution in [0.1, 0.15) is 16.7 Å². The molecular weight excluding hydrogens is 286 g/mol. The van der Waals surface area contributed by atoms with Gasteiger partial charge in [-0.2, -0.15) is 4.98 Å². The van der Waals surface area contributed by atoms with Crippen molar-refractivity contribution in [2.45, 2.75) is 20.4 Å². The van der Waals surface area contributed by atoms with Crippen LogP contribution in [0.25, 0.3) is 0 Å². The Bertz CT molecular complexity index is 786. The maximum absolute atomic E-state index is 4.50. The van der Waals surface area contributed by atoms with Gasteiger partial charge in [-0.1, -0.05) is 18.2 Å². The summed E-state index contributed by atoms with van der Waals surface area (Å²) >= 11 is 0. The first-order chi connectivity index (χ1) is 11.2. The molecule has 0 aliphatic heterocycles. The Morgan fingerprint density at radius 3 is 2.78 bits per heavy atom. The van der Waals surface area contributed by atoms with Gasteiger partial charge in [0.25, 0.3) is 0 Å². The highest BCUT2D eigenvalue weighted by atomic mass is 15.1. The van der Waals surface area contributed by atoms with E-state index in [2.05, 4.69) is 57.6 Å². The Balaban J connectivity index is 1.71. The van der Waals surface area contributed by atoms with E-state index >= 15 is 0 Å². The summed E-state index contributed by atoms with van der Waals surface area (Å²) in [5.74, 6) is 1.35. The van der Waals surface area contributed by atoms with Crippen LogP contribution in [0.4, 0.5) is 17.5 Å². The highest BCUT2D eigenvalue weighted by molar-refractivity contribution is 5.60. The lowest BCUT2D eigenvalue weighted by Gasteiger charge is -2.10. The lowest BCUT2D eigenvalue weighted by Crippen LogP contribution is -2.04. The van der Waals surface area contributed by atoms with Crippen LogP contribution in [0.5, 0.6) is 0 Å². The van der Waals surface area contributed by atoms with Gasteiger partial charge < -0.3 is 10.6 Å².